The zero-order valence-corrected chi connectivity index (χ0v) is 23.9. The van der Waals surface area contributed by atoms with Gasteiger partial charge in [-0.25, -0.2) is 0 Å². The molecule has 0 radical (unpaired) electrons. The van der Waals surface area contributed by atoms with Gasteiger partial charge in [0.15, 0.2) is 0 Å². The minimum atomic E-state index is -0.118. The monoisotopic (exact) mass is 469 g/mol. The van der Waals surface area contributed by atoms with Crippen LogP contribution in [0.15, 0.2) is 30.3 Å². The molecule has 0 amide bonds. The van der Waals surface area contributed by atoms with Gasteiger partial charge in [0, 0.05) is 17.3 Å². The van der Waals surface area contributed by atoms with Crippen molar-refractivity contribution in [1.82, 2.24) is 5.32 Å². The minimum absolute atomic E-state index is 0.0237. The zero-order valence-electron chi connectivity index (χ0n) is 22.9. The van der Waals surface area contributed by atoms with Gasteiger partial charge in [-0.1, -0.05) is 114 Å². The quantitative estimate of drug-likeness (QED) is 0.290. The van der Waals surface area contributed by atoms with Crippen LogP contribution in [-0.2, 0) is 22.5 Å². The average molecular weight is 470 g/mol. The second-order valence-electron chi connectivity index (χ2n) is 12.0. The summed E-state index contributed by atoms with van der Waals surface area (Å²) in [6, 6.07) is 11.2. The third-order valence-electron chi connectivity index (χ3n) is 6.79. The topological polar surface area (TPSA) is 32.3 Å². The van der Waals surface area contributed by atoms with E-state index in [4.69, 9.17) is 0 Å². The Hall–Kier alpha value is -1.37. The Balaban J connectivity index is 2.76. The molecule has 2 rings (SSSR count). The first-order valence-electron chi connectivity index (χ1n) is 12.6. The second kappa shape index (κ2) is 10.9. The molecular formula is C30H48NOP. The third-order valence-corrected chi connectivity index (χ3v) is 8.82. The van der Waals surface area contributed by atoms with Crippen molar-refractivity contribution in [3.05, 3.63) is 58.1 Å². The third kappa shape index (κ3) is 6.83. The molecule has 3 heteroatoms. The summed E-state index contributed by atoms with van der Waals surface area (Å²) in [5, 5.41) is 16.4. The van der Waals surface area contributed by atoms with E-state index in [-0.39, 0.29) is 16.0 Å². The fourth-order valence-electron chi connectivity index (χ4n) is 4.57. The lowest BCUT2D eigenvalue weighted by Gasteiger charge is -2.36. The smallest absolute Gasteiger partial charge is 0.123 e. The molecule has 0 saturated heterocycles. The van der Waals surface area contributed by atoms with Crippen molar-refractivity contribution in [2.75, 3.05) is 7.05 Å². The van der Waals surface area contributed by atoms with E-state index in [1.165, 1.54) is 41.3 Å². The normalized spacial score (nSPS) is 14.7. The highest BCUT2D eigenvalue weighted by Crippen LogP contribution is 2.52. The largest absolute Gasteiger partial charge is 0.507 e. The van der Waals surface area contributed by atoms with Crippen molar-refractivity contribution < 1.29 is 5.11 Å². The molecule has 0 aliphatic rings. The molecule has 0 aliphatic heterocycles. The average Bonchev–Trinajstić information content (AvgIpc) is 2.69. The van der Waals surface area contributed by atoms with Crippen molar-refractivity contribution in [1.29, 1.82) is 0 Å². The molecule has 184 valence electrons. The van der Waals surface area contributed by atoms with E-state index in [9.17, 15) is 5.11 Å². The summed E-state index contributed by atoms with van der Waals surface area (Å²) in [5.74, 6) is 0.505. The Morgan fingerprint density at radius 2 is 1.55 bits per heavy atom. The number of benzene rings is 2. The van der Waals surface area contributed by atoms with Gasteiger partial charge in [-0.15, -0.1) is 0 Å². The minimum Gasteiger partial charge on any atom is -0.507 e. The van der Waals surface area contributed by atoms with E-state index in [0.29, 0.717) is 14.3 Å². The Morgan fingerprint density at radius 1 is 0.909 bits per heavy atom. The van der Waals surface area contributed by atoms with Crippen LogP contribution >= 0.6 is 8.58 Å². The predicted molar refractivity (Wildman–Crippen MR) is 149 cm³/mol. The number of hydrogen-bond donors (Lipinski definition) is 2. The zero-order chi connectivity index (χ0) is 25.0. The molecule has 0 fully saturated rings. The highest BCUT2D eigenvalue weighted by molar-refractivity contribution is 7.48. The summed E-state index contributed by atoms with van der Waals surface area (Å²) < 4.78 is 0. The fourth-order valence-corrected chi connectivity index (χ4v) is 6.37. The summed E-state index contributed by atoms with van der Waals surface area (Å²) in [4.78, 5) is 0. The summed E-state index contributed by atoms with van der Waals surface area (Å²) in [6.45, 7) is 21.2. The second-order valence-corrected chi connectivity index (χ2v) is 13.8. The SMILES string of the molecule is CCCCCC(C)(Pc1c(C)cccc1CNC)c1cc(C(C)(C)C)cc(C(C)(C)C)c1O. The molecular weight excluding hydrogens is 421 g/mol. The molecule has 0 aromatic heterocycles. The van der Waals surface area contributed by atoms with Crippen LogP contribution in [0.25, 0.3) is 0 Å². The van der Waals surface area contributed by atoms with Crippen molar-refractivity contribution in [3.63, 3.8) is 0 Å². The Kier molecular flexibility index (Phi) is 9.22. The Labute approximate surface area is 205 Å². The van der Waals surface area contributed by atoms with Gasteiger partial charge in [-0.05, 0) is 58.8 Å². The number of unbranched alkanes of at least 4 members (excludes halogenated alkanes) is 2. The van der Waals surface area contributed by atoms with Crippen molar-refractivity contribution in [2.24, 2.45) is 0 Å². The van der Waals surface area contributed by atoms with E-state index in [0.717, 1.165) is 24.1 Å². The van der Waals surface area contributed by atoms with Gasteiger partial charge < -0.3 is 10.4 Å². The molecule has 2 nitrogen and oxygen atoms in total. The van der Waals surface area contributed by atoms with Gasteiger partial charge in [0.25, 0.3) is 0 Å². The highest BCUT2D eigenvalue weighted by atomic mass is 31.1. The standard InChI is InChI=1S/C30H48NOP/c1-11-12-13-17-30(9,33-27-21(2)15-14-16-22(27)20-31-10)25-19-23(28(3,4)5)18-24(26(25)32)29(6,7)8/h14-16,18-19,31-33H,11-13,17,20H2,1-10H3. The number of rotatable bonds is 9. The number of aromatic hydroxyl groups is 1. The van der Waals surface area contributed by atoms with E-state index < -0.39 is 0 Å². The molecule has 2 atom stereocenters. The maximum atomic E-state index is 11.7. The molecule has 0 aliphatic carbocycles. The summed E-state index contributed by atoms with van der Waals surface area (Å²) >= 11 is 0. The predicted octanol–water partition coefficient (Wildman–Crippen LogP) is 7.81. The van der Waals surface area contributed by atoms with Crippen LogP contribution in [0, 0.1) is 6.92 Å². The summed E-state index contributed by atoms with van der Waals surface area (Å²) in [6.07, 6.45) is 4.69. The molecule has 2 N–H and O–H groups in total. The van der Waals surface area contributed by atoms with Crippen molar-refractivity contribution in [2.45, 2.75) is 111 Å². The van der Waals surface area contributed by atoms with E-state index in [1.54, 1.807) is 0 Å². The van der Waals surface area contributed by atoms with Gasteiger partial charge in [0.2, 0.25) is 0 Å². The van der Waals surface area contributed by atoms with E-state index in [2.05, 4.69) is 98.0 Å². The number of aryl methyl sites for hydroxylation is 1. The number of phenolic OH excluding ortho intramolecular Hbond substituents is 1. The lowest BCUT2D eigenvalue weighted by atomic mass is 9.77. The van der Waals surface area contributed by atoms with Crippen molar-refractivity contribution >= 4 is 13.9 Å². The van der Waals surface area contributed by atoms with E-state index in [1.807, 2.05) is 7.05 Å². The Bertz CT molecular complexity index is 936. The van der Waals surface area contributed by atoms with Gasteiger partial charge in [-0.3, -0.25) is 0 Å². The van der Waals surface area contributed by atoms with Gasteiger partial charge in [0.1, 0.15) is 5.75 Å². The molecule has 2 aromatic carbocycles. The summed E-state index contributed by atoms with van der Waals surface area (Å²) in [5.41, 5.74) is 6.14. The maximum Gasteiger partial charge on any atom is 0.123 e. The lowest BCUT2D eigenvalue weighted by molar-refractivity contribution is 0.424. The van der Waals surface area contributed by atoms with Crippen LogP contribution in [0.4, 0.5) is 0 Å². The fraction of sp³-hybridized carbons (Fsp3) is 0.600. The van der Waals surface area contributed by atoms with Crippen LogP contribution in [-0.4, -0.2) is 12.2 Å². The van der Waals surface area contributed by atoms with Crippen molar-refractivity contribution in [3.8, 4) is 5.75 Å². The van der Waals surface area contributed by atoms with Crippen LogP contribution in [0.2, 0.25) is 0 Å². The van der Waals surface area contributed by atoms with Crippen LogP contribution in [0.1, 0.15) is 109 Å². The highest BCUT2D eigenvalue weighted by Gasteiger charge is 2.35. The number of hydrogen-bond acceptors (Lipinski definition) is 2. The molecule has 0 spiro atoms. The molecule has 0 saturated carbocycles. The van der Waals surface area contributed by atoms with E-state index >= 15 is 0 Å². The van der Waals surface area contributed by atoms with Gasteiger partial charge in [-0.2, -0.15) is 0 Å². The lowest BCUT2D eigenvalue weighted by Crippen LogP contribution is -2.26. The van der Waals surface area contributed by atoms with Crippen LogP contribution < -0.4 is 10.6 Å². The first-order valence-corrected chi connectivity index (χ1v) is 13.6. The summed E-state index contributed by atoms with van der Waals surface area (Å²) in [7, 11) is 2.62. The Morgan fingerprint density at radius 3 is 2.09 bits per heavy atom. The molecule has 33 heavy (non-hydrogen) atoms. The van der Waals surface area contributed by atoms with Gasteiger partial charge in [0.05, 0.1) is 0 Å². The first kappa shape index (κ1) is 27.9. The molecule has 0 heterocycles. The van der Waals surface area contributed by atoms with Crippen LogP contribution in [0.5, 0.6) is 5.75 Å². The van der Waals surface area contributed by atoms with Crippen LogP contribution in [0.3, 0.4) is 0 Å². The number of nitrogens with one attached hydrogen (secondary N) is 1. The molecule has 2 unspecified atom stereocenters. The first-order chi connectivity index (χ1) is 15.2. The maximum absolute atomic E-state index is 11.7. The molecule has 0 bridgehead atoms. The van der Waals surface area contributed by atoms with Gasteiger partial charge >= 0.3 is 0 Å². The number of phenols is 1. The molecule has 2 aromatic rings.